The van der Waals surface area contributed by atoms with Crippen molar-refractivity contribution in [2.24, 2.45) is 0 Å². The van der Waals surface area contributed by atoms with E-state index in [0.29, 0.717) is 0 Å². The number of hydrogen-bond donors (Lipinski definition) is 0. The van der Waals surface area contributed by atoms with E-state index < -0.39 is 0 Å². The average molecular weight is 1030 g/mol. The Labute approximate surface area is 466 Å². The summed E-state index contributed by atoms with van der Waals surface area (Å²) in [7, 11) is 0. The fraction of sp³-hybridized carbons (Fsp3) is 0.221. The maximum atomic E-state index is 6.99. The Hall–Kier alpha value is -8.20. The molecule has 0 saturated heterocycles. The van der Waals surface area contributed by atoms with Crippen molar-refractivity contribution >= 4 is 43.9 Å². The summed E-state index contributed by atoms with van der Waals surface area (Å²) in [5.41, 5.74) is 28.3. The van der Waals surface area contributed by atoms with Crippen LogP contribution in [0.2, 0.25) is 0 Å². The molecule has 0 bridgehead atoms. The molecule has 0 saturated carbocycles. The summed E-state index contributed by atoms with van der Waals surface area (Å²) in [4.78, 5) is 0. The molecule has 79 heavy (non-hydrogen) atoms. The second kappa shape index (κ2) is 18.2. The molecule has 2 heteroatoms. The molecule has 0 fully saturated rings. The molecular formula is C77H70O2. The van der Waals surface area contributed by atoms with E-state index in [9.17, 15) is 0 Å². The van der Waals surface area contributed by atoms with E-state index in [-0.39, 0.29) is 21.7 Å². The van der Waals surface area contributed by atoms with Gasteiger partial charge in [-0.2, -0.15) is 0 Å². The zero-order valence-electron chi connectivity index (χ0n) is 48.0. The largest absolute Gasteiger partial charge is 0.455 e. The van der Waals surface area contributed by atoms with E-state index in [4.69, 9.17) is 8.83 Å². The second-order valence-corrected chi connectivity index (χ2v) is 26.7. The molecule has 0 spiro atoms. The van der Waals surface area contributed by atoms with Gasteiger partial charge in [-0.25, -0.2) is 0 Å². The lowest BCUT2D eigenvalue weighted by atomic mass is 9.85. The molecule has 13 rings (SSSR count). The highest BCUT2D eigenvalue weighted by Crippen LogP contribution is 2.48. The monoisotopic (exact) mass is 1030 g/mol. The topological polar surface area (TPSA) is 26.3 Å². The van der Waals surface area contributed by atoms with Crippen LogP contribution in [0.5, 0.6) is 0 Å². The Bertz CT molecular complexity index is 4070. The maximum Gasteiger partial charge on any atom is 0.143 e. The smallest absolute Gasteiger partial charge is 0.143 e. The van der Waals surface area contributed by atoms with Crippen molar-refractivity contribution in [3.63, 3.8) is 0 Å². The lowest BCUT2D eigenvalue weighted by molar-refractivity contribution is 0.590. The van der Waals surface area contributed by atoms with Gasteiger partial charge in [0.1, 0.15) is 22.3 Å². The third-order valence-corrected chi connectivity index (χ3v) is 17.0. The van der Waals surface area contributed by atoms with Gasteiger partial charge in [0.05, 0.1) is 0 Å². The highest BCUT2D eigenvalue weighted by atomic mass is 16.3. The third kappa shape index (κ3) is 9.10. The molecule has 12 aromatic rings. The standard InChI is InChI=1S/C77H70O2/c1-74(2,3)58-27-17-46(18-28-58)50-25-35-70-66(38-50)68-44-56(48-21-31-60(32-22-48)76(7,8)9)42-64(72(68)78-70)54-15-13-52-37-53-14-16-55(41-63(53)62(52)40-54)65-43-57(49-23-33-61(34-24-49)77(10,11)12)45-69-67-39-51(26-36-71(67)79-73(65)69)47-19-29-59(30-20-47)75(4,5)6/h13-36,38-45H,37H2,1-12H3. The third-order valence-electron chi connectivity index (χ3n) is 17.0. The molecule has 0 N–H and O–H groups in total. The summed E-state index contributed by atoms with van der Waals surface area (Å²) >= 11 is 0. The summed E-state index contributed by atoms with van der Waals surface area (Å²) < 4.78 is 14.0. The molecule has 1 aliphatic carbocycles. The summed E-state index contributed by atoms with van der Waals surface area (Å²) in [6.45, 7) is 27.3. The molecule has 1 aliphatic rings. The van der Waals surface area contributed by atoms with E-state index in [2.05, 4.69) is 277 Å². The molecule has 0 aliphatic heterocycles. The van der Waals surface area contributed by atoms with E-state index in [1.165, 1.54) is 89.0 Å². The van der Waals surface area contributed by atoms with Crippen LogP contribution in [-0.4, -0.2) is 0 Å². The first-order chi connectivity index (χ1) is 37.6. The lowest BCUT2D eigenvalue weighted by Crippen LogP contribution is -2.10. The van der Waals surface area contributed by atoms with Gasteiger partial charge >= 0.3 is 0 Å². The molecular weight excluding hydrogens is 957 g/mol. The van der Waals surface area contributed by atoms with Crippen molar-refractivity contribution in [1.82, 2.24) is 0 Å². The van der Waals surface area contributed by atoms with Crippen molar-refractivity contribution in [1.29, 1.82) is 0 Å². The van der Waals surface area contributed by atoms with Crippen LogP contribution in [0.1, 0.15) is 116 Å². The van der Waals surface area contributed by atoms with Crippen LogP contribution in [0.25, 0.3) is 122 Å². The van der Waals surface area contributed by atoms with Crippen LogP contribution in [0, 0.1) is 0 Å². The summed E-state index contributed by atoms with van der Waals surface area (Å²) in [5.74, 6) is 0. The van der Waals surface area contributed by atoms with Crippen molar-refractivity contribution in [2.45, 2.75) is 111 Å². The van der Waals surface area contributed by atoms with Gasteiger partial charge in [-0.1, -0.05) is 217 Å². The molecule has 2 aromatic heterocycles. The first kappa shape index (κ1) is 50.3. The van der Waals surface area contributed by atoms with Crippen LogP contribution < -0.4 is 0 Å². The van der Waals surface area contributed by atoms with E-state index in [1.807, 2.05) is 0 Å². The normalized spacial score (nSPS) is 13.0. The van der Waals surface area contributed by atoms with Gasteiger partial charge in [0.25, 0.3) is 0 Å². The number of benzene rings is 10. The predicted molar refractivity (Wildman–Crippen MR) is 337 cm³/mol. The van der Waals surface area contributed by atoms with E-state index >= 15 is 0 Å². The van der Waals surface area contributed by atoms with Crippen LogP contribution in [0.15, 0.2) is 203 Å². The fourth-order valence-electron chi connectivity index (χ4n) is 12.0. The van der Waals surface area contributed by atoms with Gasteiger partial charge in [0.2, 0.25) is 0 Å². The Morgan fingerprint density at radius 3 is 0.823 bits per heavy atom. The fourth-order valence-corrected chi connectivity index (χ4v) is 12.0. The number of hydrogen-bond acceptors (Lipinski definition) is 2. The zero-order chi connectivity index (χ0) is 54.9. The molecule has 2 nitrogen and oxygen atoms in total. The van der Waals surface area contributed by atoms with Crippen molar-refractivity contribution < 1.29 is 8.83 Å². The number of rotatable bonds is 6. The lowest BCUT2D eigenvalue weighted by Gasteiger charge is -2.19. The minimum absolute atomic E-state index is 0.0551. The second-order valence-electron chi connectivity index (χ2n) is 26.7. The van der Waals surface area contributed by atoms with Crippen molar-refractivity contribution in [2.75, 3.05) is 0 Å². The van der Waals surface area contributed by atoms with Crippen LogP contribution in [-0.2, 0) is 28.1 Å². The molecule has 390 valence electrons. The van der Waals surface area contributed by atoms with E-state index in [0.717, 1.165) is 72.6 Å². The van der Waals surface area contributed by atoms with Crippen LogP contribution >= 0.6 is 0 Å². The van der Waals surface area contributed by atoms with Gasteiger partial charge in [0.15, 0.2) is 0 Å². The molecule has 0 unspecified atom stereocenters. The highest BCUT2D eigenvalue weighted by molar-refractivity contribution is 6.14. The van der Waals surface area contributed by atoms with E-state index in [1.54, 1.807) is 0 Å². The zero-order valence-corrected chi connectivity index (χ0v) is 48.0. The van der Waals surface area contributed by atoms with Crippen molar-refractivity contribution in [3.8, 4) is 77.9 Å². The number of furan rings is 2. The molecule has 0 radical (unpaired) electrons. The minimum atomic E-state index is 0.0551. The summed E-state index contributed by atoms with van der Waals surface area (Å²) in [5, 5.41) is 4.47. The number of fused-ring (bicyclic) bond motifs is 9. The van der Waals surface area contributed by atoms with Crippen LogP contribution in [0.3, 0.4) is 0 Å². The van der Waals surface area contributed by atoms with Gasteiger partial charge in [0, 0.05) is 32.7 Å². The first-order valence-electron chi connectivity index (χ1n) is 28.3. The molecule has 0 amide bonds. The van der Waals surface area contributed by atoms with Crippen LogP contribution in [0.4, 0.5) is 0 Å². The SMILES string of the molecule is CC(C)(C)c1ccc(-c2ccc3oc4c(-c5ccc6c(c5)-c5cc(-c7cc(-c8ccc(C(C)(C)C)cc8)cc8c7oc7ccc(-c9ccc(C(C)(C)C)cc9)cc78)ccc5C6)cc(-c5ccc(C(C)(C)C)cc5)cc4c3c2)cc1. The summed E-state index contributed by atoms with van der Waals surface area (Å²) in [6, 6.07) is 73.3. The maximum absolute atomic E-state index is 6.99. The molecule has 2 heterocycles. The minimum Gasteiger partial charge on any atom is -0.455 e. The Morgan fingerprint density at radius 1 is 0.241 bits per heavy atom. The average Bonchev–Trinajstić information content (AvgIpc) is 4.35. The Kier molecular flexibility index (Phi) is 11.6. The quantitative estimate of drug-likeness (QED) is 0.166. The molecule has 10 aromatic carbocycles. The van der Waals surface area contributed by atoms with Gasteiger partial charge in [-0.15, -0.1) is 0 Å². The predicted octanol–water partition coefficient (Wildman–Crippen LogP) is 22.2. The van der Waals surface area contributed by atoms with Gasteiger partial charge in [-0.3, -0.25) is 0 Å². The Balaban J connectivity index is 0.950. The van der Waals surface area contributed by atoms with Gasteiger partial charge < -0.3 is 8.83 Å². The molecule has 0 atom stereocenters. The summed E-state index contributed by atoms with van der Waals surface area (Å²) in [6.07, 6.45) is 0.880. The highest BCUT2D eigenvalue weighted by Gasteiger charge is 2.25. The van der Waals surface area contributed by atoms with Crippen molar-refractivity contribution in [3.05, 3.63) is 228 Å². The Morgan fingerprint density at radius 2 is 0.506 bits per heavy atom. The first-order valence-corrected chi connectivity index (χ1v) is 28.3. The van der Waals surface area contributed by atoms with Gasteiger partial charge in [-0.05, 0) is 189 Å².